The maximum absolute atomic E-state index is 5.33. The Balaban J connectivity index is 0.000000241. The number of hydrogen-bond acceptors (Lipinski definition) is 7. The summed E-state index contributed by atoms with van der Waals surface area (Å²) in [5, 5.41) is 6.79. The number of nitrogens with one attached hydrogen (secondary N) is 2. The number of rotatable bonds is 2. The van der Waals surface area contributed by atoms with Gasteiger partial charge in [-0.05, 0) is 51.9 Å². The van der Waals surface area contributed by atoms with Gasteiger partial charge in [0.15, 0.2) is 0 Å². The largest absolute Gasteiger partial charge is 0.412 e. The zero-order valence-electron chi connectivity index (χ0n) is 16.4. The molecule has 0 aliphatic carbocycles. The maximum atomic E-state index is 5.33. The first-order chi connectivity index (χ1) is 11.9. The second kappa shape index (κ2) is 13.8. The van der Waals surface area contributed by atoms with Gasteiger partial charge in [0, 0.05) is 38.3 Å². The van der Waals surface area contributed by atoms with Crippen LogP contribution in [0.3, 0.4) is 0 Å². The smallest absolute Gasteiger partial charge is 0.0594 e. The van der Waals surface area contributed by atoms with Crippen molar-refractivity contribution in [3.8, 4) is 0 Å². The Kier molecular flexibility index (Phi) is 12.6. The minimum absolute atomic E-state index is 0. The molecule has 0 saturated carbocycles. The normalized spacial score (nSPS) is 26.8. The summed E-state index contributed by atoms with van der Waals surface area (Å²) in [5.74, 6) is 0. The molecule has 0 radical (unpaired) electrons. The van der Waals surface area contributed by atoms with Gasteiger partial charge in [0.25, 0.3) is 0 Å². The van der Waals surface area contributed by atoms with Crippen molar-refractivity contribution in [3.63, 3.8) is 0 Å². The number of ether oxygens (including phenoxy) is 2. The third kappa shape index (κ3) is 7.74. The summed E-state index contributed by atoms with van der Waals surface area (Å²) in [7, 11) is 0. The van der Waals surface area contributed by atoms with Gasteiger partial charge >= 0.3 is 0 Å². The van der Waals surface area contributed by atoms with Crippen LogP contribution in [0.15, 0.2) is 0 Å². The van der Waals surface area contributed by atoms with Crippen molar-refractivity contribution in [3.05, 3.63) is 0 Å². The molecule has 4 aliphatic rings. The quantitative estimate of drug-likeness (QED) is 0.595. The summed E-state index contributed by atoms with van der Waals surface area (Å²) in [4.78, 5) is 5.18. The zero-order valence-corrected chi connectivity index (χ0v) is 16.4. The van der Waals surface area contributed by atoms with Crippen molar-refractivity contribution in [2.75, 3.05) is 78.8 Å². The average Bonchev–Trinajstić information content (AvgIpc) is 2.71. The highest BCUT2D eigenvalue weighted by Crippen LogP contribution is 2.13. The van der Waals surface area contributed by atoms with E-state index in [2.05, 4.69) is 20.4 Å². The van der Waals surface area contributed by atoms with Crippen molar-refractivity contribution in [2.45, 2.75) is 37.8 Å². The Morgan fingerprint density at radius 3 is 1.19 bits per heavy atom. The molecular weight excluding hydrogens is 334 g/mol. The zero-order chi connectivity index (χ0) is 16.5. The van der Waals surface area contributed by atoms with Gasteiger partial charge in [-0.25, -0.2) is 0 Å². The Morgan fingerprint density at radius 2 is 0.885 bits per heavy atom. The van der Waals surface area contributed by atoms with E-state index in [4.69, 9.17) is 9.47 Å². The van der Waals surface area contributed by atoms with E-state index in [0.29, 0.717) is 0 Å². The first-order valence-corrected chi connectivity index (χ1v) is 9.98. The van der Waals surface area contributed by atoms with Gasteiger partial charge in [-0.15, -0.1) is 0 Å². The van der Waals surface area contributed by atoms with Crippen LogP contribution in [0.1, 0.15) is 25.7 Å². The van der Waals surface area contributed by atoms with E-state index in [9.17, 15) is 0 Å². The predicted octanol–water partition coefficient (Wildman–Crippen LogP) is -0.521. The Labute approximate surface area is 158 Å². The van der Waals surface area contributed by atoms with E-state index in [-0.39, 0.29) is 11.6 Å². The second-order valence-electron chi connectivity index (χ2n) is 7.26. The molecule has 0 aromatic rings. The van der Waals surface area contributed by atoms with Crippen LogP contribution >= 0.6 is 0 Å². The molecular formula is C18H41N5O3. The number of morpholine rings is 2. The van der Waals surface area contributed by atoms with E-state index < -0.39 is 0 Å². The number of hydrogen-bond donors (Lipinski definition) is 3. The molecule has 0 atom stereocenters. The second-order valence-corrected chi connectivity index (χ2v) is 7.26. The lowest BCUT2D eigenvalue weighted by Gasteiger charge is -2.36. The van der Waals surface area contributed by atoms with Crippen LogP contribution in [0.2, 0.25) is 0 Å². The van der Waals surface area contributed by atoms with Gasteiger partial charge in [-0.2, -0.15) is 0 Å². The fourth-order valence-electron chi connectivity index (χ4n) is 4.23. The Bertz CT molecular complexity index is 263. The summed E-state index contributed by atoms with van der Waals surface area (Å²) in [6.07, 6.45) is 5.28. The van der Waals surface area contributed by atoms with Crippen LogP contribution in [0, 0.1) is 0 Å². The molecule has 4 heterocycles. The van der Waals surface area contributed by atoms with Crippen molar-refractivity contribution >= 4 is 0 Å². The van der Waals surface area contributed by atoms with Crippen molar-refractivity contribution in [1.82, 2.24) is 26.6 Å². The van der Waals surface area contributed by atoms with Gasteiger partial charge < -0.3 is 31.7 Å². The molecule has 0 bridgehead atoms. The fraction of sp³-hybridized carbons (Fsp3) is 1.00. The SMILES string of the molecule is C1CC(N2CCOCC2)CCN1.C1CC(N2CCOCC2)CCN1.N.O. The van der Waals surface area contributed by atoms with Gasteiger partial charge in [0.2, 0.25) is 0 Å². The molecule has 7 N–H and O–H groups in total. The number of nitrogens with zero attached hydrogens (tertiary/aromatic N) is 2. The van der Waals surface area contributed by atoms with Crippen molar-refractivity contribution in [1.29, 1.82) is 0 Å². The van der Waals surface area contributed by atoms with E-state index in [0.717, 1.165) is 64.7 Å². The lowest BCUT2D eigenvalue weighted by atomic mass is 10.0. The lowest BCUT2D eigenvalue weighted by Crippen LogP contribution is -2.47. The highest BCUT2D eigenvalue weighted by molar-refractivity contribution is 4.79. The summed E-state index contributed by atoms with van der Waals surface area (Å²) >= 11 is 0. The first-order valence-electron chi connectivity index (χ1n) is 9.98. The number of piperidine rings is 2. The maximum Gasteiger partial charge on any atom is 0.0594 e. The molecule has 4 rings (SSSR count). The third-order valence-corrected chi connectivity index (χ3v) is 5.74. The molecule has 0 unspecified atom stereocenters. The van der Waals surface area contributed by atoms with Crippen LogP contribution in [-0.4, -0.2) is 106 Å². The summed E-state index contributed by atoms with van der Waals surface area (Å²) < 4.78 is 10.7. The molecule has 26 heavy (non-hydrogen) atoms. The van der Waals surface area contributed by atoms with E-state index in [1.54, 1.807) is 0 Å². The molecule has 4 aliphatic heterocycles. The average molecular weight is 376 g/mol. The van der Waals surface area contributed by atoms with Gasteiger partial charge in [0.1, 0.15) is 0 Å². The predicted molar refractivity (Wildman–Crippen MR) is 105 cm³/mol. The topological polar surface area (TPSA) is 116 Å². The van der Waals surface area contributed by atoms with Crippen LogP contribution in [-0.2, 0) is 9.47 Å². The Morgan fingerprint density at radius 1 is 0.577 bits per heavy atom. The third-order valence-electron chi connectivity index (χ3n) is 5.74. The Hall–Kier alpha value is -0.320. The van der Waals surface area contributed by atoms with Crippen LogP contribution in [0.25, 0.3) is 0 Å². The summed E-state index contributed by atoms with van der Waals surface area (Å²) in [6, 6.07) is 1.66. The molecule has 0 aromatic heterocycles. The van der Waals surface area contributed by atoms with E-state index in [1.807, 2.05) is 0 Å². The molecule has 8 heteroatoms. The van der Waals surface area contributed by atoms with Crippen molar-refractivity contribution < 1.29 is 14.9 Å². The molecule has 4 fully saturated rings. The molecule has 4 saturated heterocycles. The van der Waals surface area contributed by atoms with Crippen LogP contribution < -0.4 is 16.8 Å². The van der Waals surface area contributed by atoms with Gasteiger partial charge in [-0.3, -0.25) is 9.80 Å². The molecule has 0 amide bonds. The molecule has 156 valence electrons. The summed E-state index contributed by atoms with van der Waals surface area (Å²) in [6.45, 7) is 13.1. The van der Waals surface area contributed by atoms with Gasteiger partial charge in [0.05, 0.1) is 26.4 Å². The van der Waals surface area contributed by atoms with Crippen molar-refractivity contribution in [2.24, 2.45) is 0 Å². The monoisotopic (exact) mass is 375 g/mol. The highest BCUT2D eigenvalue weighted by atomic mass is 16.5. The fourth-order valence-corrected chi connectivity index (χ4v) is 4.23. The van der Waals surface area contributed by atoms with Gasteiger partial charge in [-0.1, -0.05) is 0 Å². The first kappa shape index (κ1) is 23.7. The molecule has 8 nitrogen and oxygen atoms in total. The van der Waals surface area contributed by atoms with Crippen LogP contribution in [0.5, 0.6) is 0 Å². The van der Waals surface area contributed by atoms with E-state index >= 15 is 0 Å². The standard InChI is InChI=1S/2C9H18N2O.H3N.H2O/c2*1-3-10-4-2-9(1)11-5-7-12-8-6-11;;/h2*9-10H,1-8H2;1H3;1H2. The molecule has 0 aromatic carbocycles. The minimum Gasteiger partial charge on any atom is -0.412 e. The summed E-state index contributed by atoms with van der Waals surface area (Å²) in [5.41, 5.74) is 0. The van der Waals surface area contributed by atoms with E-state index in [1.165, 1.54) is 51.9 Å². The molecule has 0 spiro atoms. The lowest BCUT2D eigenvalue weighted by molar-refractivity contribution is 0.0101. The van der Waals surface area contributed by atoms with Crippen LogP contribution in [0.4, 0.5) is 0 Å². The highest BCUT2D eigenvalue weighted by Gasteiger charge is 2.23. The minimum atomic E-state index is 0.